The molecule has 100 valence electrons. The van der Waals surface area contributed by atoms with Crippen LogP contribution in [-0.2, 0) is 11.2 Å². The van der Waals surface area contributed by atoms with E-state index in [0.29, 0.717) is 24.9 Å². The fourth-order valence-corrected chi connectivity index (χ4v) is 1.68. The molecule has 5 heteroatoms. The van der Waals surface area contributed by atoms with Crippen LogP contribution in [0.3, 0.4) is 0 Å². The molecule has 1 aromatic carbocycles. The molecule has 0 aliphatic heterocycles. The monoisotopic (exact) mass is 253 g/mol. The Hall–Kier alpha value is -1.43. The summed E-state index contributed by atoms with van der Waals surface area (Å²) in [6.07, 6.45) is -0.960. The van der Waals surface area contributed by atoms with Gasteiger partial charge in [-0.25, -0.2) is 0 Å². The predicted octanol–water partition coefficient (Wildman–Crippen LogP) is 0.447. The summed E-state index contributed by atoms with van der Waals surface area (Å²) < 4.78 is 0. The highest BCUT2D eigenvalue weighted by Crippen LogP contribution is 2.19. The second-order valence-corrected chi connectivity index (χ2v) is 4.22. The highest BCUT2D eigenvalue weighted by molar-refractivity contribution is 5.67. The first-order valence-electron chi connectivity index (χ1n) is 5.91. The first-order valence-corrected chi connectivity index (χ1v) is 5.91. The van der Waals surface area contributed by atoms with Crippen LogP contribution in [0.5, 0.6) is 0 Å². The molecule has 0 amide bonds. The fraction of sp³-hybridized carbons (Fsp3) is 0.462. The normalized spacial score (nSPS) is 14.2. The van der Waals surface area contributed by atoms with Crippen molar-refractivity contribution in [2.45, 2.75) is 31.5 Å². The minimum atomic E-state index is -0.956. The third kappa shape index (κ3) is 4.44. The first kappa shape index (κ1) is 14.6. The molecule has 0 fully saturated rings. The van der Waals surface area contributed by atoms with Crippen molar-refractivity contribution in [3.8, 4) is 0 Å². The molecule has 1 aromatic rings. The van der Waals surface area contributed by atoms with Crippen molar-refractivity contribution in [1.82, 2.24) is 0 Å². The standard InChI is InChI=1S/C13H19NO4/c14-8-7-11(15)13(18)10-4-1-9(2-5-10)3-6-12(16)17/h1-2,4-5,11,13,15,18H,3,6-8,14H2,(H,16,17). The van der Waals surface area contributed by atoms with Crippen molar-refractivity contribution >= 4 is 5.97 Å². The Bertz CT molecular complexity index is 377. The second kappa shape index (κ2) is 7.10. The van der Waals surface area contributed by atoms with E-state index in [1.165, 1.54) is 0 Å². The lowest BCUT2D eigenvalue weighted by Gasteiger charge is -2.17. The Morgan fingerprint density at radius 2 is 1.83 bits per heavy atom. The highest BCUT2D eigenvalue weighted by Gasteiger charge is 2.17. The summed E-state index contributed by atoms with van der Waals surface area (Å²) >= 11 is 0. The van der Waals surface area contributed by atoms with Crippen LogP contribution >= 0.6 is 0 Å². The summed E-state index contributed by atoms with van der Waals surface area (Å²) in [5, 5.41) is 28.0. The zero-order valence-corrected chi connectivity index (χ0v) is 10.1. The average Bonchev–Trinajstić information content (AvgIpc) is 2.36. The molecular formula is C13H19NO4. The molecule has 0 spiro atoms. The number of carboxylic acid groups (broad SMARTS) is 1. The van der Waals surface area contributed by atoms with Crippen LogP contribution in [0.4, 0.5) is 0 Å². The molecule has 0 radical (unpaired) electrons. The van der Waals surface area contributed by atoms with Crippen LogP contribution in [0, 0.1) is 0 Å². The van der Waals surface area contributed by atoms with Crippen molar-refractivity contribution in [3.63, 3.8) is 0 Å². The number of aliphatic hydroxyl groups excluding tert-OH is 2. The maximum absolute atomic E-state index is 10.4. The summed E-state index contributed by atoms with van der Waals surface area (Å²) in [6.45, 7) is 0.314. The van der Waals surface area contributed by atoms with E-state index < -0.39 is 18.2 Å². The van der Waals surface area contributed by atoms with Crippen LogP contribution in [0.1, 0.15) is 30.1 Å². The maximum atomic E-state index is 10.4. The molecule has 0 saturated heterocycles. The number of nitrogens with two attached hydrogens (primary N) is 1. The number of aliphatic hydroxyl groups is 2. The zero-order valence-electron chi connectivity index (χ0n) is 10.1. The minimum Gasteiger partial charge on any atom is -0.481 e. The number of carbonyl (C=O) groups is 1. The van der Waals surface area contributed by atoms with Crippen LogP contribution in [0.25, 0.3) is 0 Å². The van der Waals surface area contributed by atoms with E-state index in [1.54, 1.807) is 24.3 Å². The number of aryl methyl sites for hydroxylation is 1. The Labute approximate surface area is 106 Å². The van der Waals surface area contributed by atoms with E-state index in [-0.39, 0.29) is 6.42 Å². The van der Waals surface area contributed by atoms with Gasteiger partial charge in [-0.15, -0.1) is 0 Å². The fourth-order valence-electron chi connectivity index (χ4n) is 1.68. The lowest BCUT2D eigenvalue weighted by Crippen LogP contribution is -2.21. The van der Waals surface area contributed by atoms with Gasteiger partial charge in [0.15, 0.2) is 0 Å². The number of rotatable bonds is 7. The van der Waals surface area contributed by atoms with Crippen LogP contribution in [-0.4, -0.2) is 33.9 Å². The zero-order chi connectivity index (χ0) is 13.5. The Morgan fingerprint density at radius 1 is 1.22 bits per heavy atom. The molecule has 5 nitrogen and oxygen atoms in total. The van der Waals surface area contributed by atoms with E-state index in [9.17, 15) is 15.0 Å². The SMILES string of the molecule is NCCC(O)C(O)c1ccc(CCC(=O)O)cc1. The minimum absolute atomic E-state index is 0.0811. The van der Waals surface area contributed by atoms with E-state index in [0.717, 1.165) is 5.56 Å². The van der Waals surface area contributed by atoms with E-state index in [2.05, 4.69) is 0 Å². The van der Waals surface area contributed by atoms with Gasteiger partial charge in [0.25, 0.3) is 0 Å². The van der Waals surface area contributed by atoms with Gasteiger partial charge in [-0.05, 0) is 30.5 Å². The van der Waals surface area contributed by atoms with Gasteiger partial charge in [-0.3, -0.25) is 4.79 Å². The smallest absolute Gasteiger partial charge is 0.303 e. The molecule has 0 aliphatic rings. The molecule has 2 unspecified atom stereocenters. The lowest BCUT2D eigenvalue weighted by molar-refractivity contribution is -0.136. The van der Waals surface area contributed by atoms with Crippen molar-refractivity contribution in [2.24, 2.45) is 5.73 Å². The summed E-state index contributed by atoms with van der Waals surface area (Å²) in [5.41, 5.74) is 6.81. The van der Waals surface area contributed by atoms with Crippen molar-refractivity contribution < 1.29 is 20.1 Å². The van der Waals surface area contributed by atoms with Gasteiger partial charge in [-0.2, -0.15) is 0 Å². The molecule has 0 aliphatic carbocycles. The van der Waals surface area contributed by atoms with Gasteiger partial charge >= 0.3 is 5.97 Å². The predicted molar refractivity (Wildman–Crippen MR) is 67.0 cm³/mol. The highest BCUT2D eigenvalue weighted by atomic mass is 16.4. The van der Waals surface area contributed by atoms with E-state index in [1.807, 2.05) is 0 Å². The maximum Gasteiger partial charge on any atom is 0.303 e. The molecule has 0 heterocycles. The van der Waals surface area contributed by atoms with Gasteiger partial charge in [0, 0.05) is 6.42 Å². The molecular weight excluding hydrogens is 234 g/mol. The van der Waals surface area contributed by atoms with E-state index in [4.69, 9.17) is 10.8 Å². The number of benzene rings is 1. The molecule has 18 heavy (non-hydrogen) atoms. The van der Waals surface area contributed by atoms with Crippen LogP contribution in [0.15, 0.2) is 24.3 Å². The molecule has 1 rings (SSSR count). The Kier molecular flexibility index (Phi) is 5.77. The summed E-state index contributed by atoms with van der Waals surface area (Å²) in [6, 6.07) is 6.91. The largest absolute Gasteiger partial charge is 0.481 e. The number of hydrogen-bond acceptors (Lipinski definition) is 4. The Balaban J connectivity index is 2.61. The average molecular weight is 253 g/mol. The van der Waals surface area contributed by atoms with Crippen LogP contribution in [0.2, 0.25) is 0 Å². The quantitative estimate of drug-likeness (QED) is 0.564. The summed E-state index contributed by atoms with van der Waals surface area (Å²) in [5.74, 6) is -0.836. The number of aliphatic carboxylic acids is 1. The summed E-state index contributed by atoms with van der Waals surface area (Å²) in [4.78, 5) is 10.4. The van der Waals surface area contributed by atoms with Crippen molar-refractivity contribution in [2.75, 3.05) is 6.54 Å². The van der Waals surface area contributed by atoms with E-state index >= 15 is 0 Å². The van der Waals surface area contributed by atoms with Gasteiger partial charge < -0.3 is 21.1 Å². The van der Waals surface area contributed by atoms with Gasteiger partial charge in [0.1, 0.15) is 6.10 Å². The third-order valence-corrected chi connectivity index (χ3v) is 2.78. The Morgan fingerprint density at radius 3 is 2.33 bits per heavy atom. The van der Waals surface area contributed by atoms with Gasteiger partial charge in [0.2, 0.25) is 0 Å². The second-order valence-electron chi connectivity index (χ2n) is 4.22. The van der Waals surface area contributed by atoms with Gasteiger partial charge in [-0.1, -0.05) is 24.3 Å². The molecule has 0 saturated carbocycles. The van der Waals surface area contributed by atoms with Crippen LogP contribution < -0.4 is 5.73 Å². The third-order valence-electron chi connectivity index (χ3n) is 2.78. The molecule has 0 bridgehead atoms. The topological polar surface area (TPSA) is 104 Å². The number of carboxylic acids is 1. The molecule has 5 N–H and O–H groups in total. The molecule has 2 atom stereocenters. The van der Waals surface area contributed by atoms with Crippen molar-refractivity contribution in [3.05, 3.63) is 35.4 Å². The molecule has 0 aromatic heterocycles. The van der Waals surface area contributed by atoms with Crippen molar-refractivity contribution in [1.29, 1.82) is 0 Å². The summed E-state index contributed by atoms with van der Waals surface area (Å²) in [7, 11) is 0. The van der Waals surface area contributed by atoms with Gasteiger partial charge in [0.05, 0.1) is 6.10 Å². The number of hydrogen-bond donors (Lipinski definition) is 4. The lowest BCUT2D eigenvalue weighted by atomic mass is 10.00. The first-order chi connectivity index (χ1) is 8.54.